The van der Waals surface area contributed by atoms with Crippen LogP contribution in [0.3, 0.4) is 0 Å². The van der Waals surface area contributed by atoms with E-state index in [1.54, 1.807) is 13.8 Å². The highest BCUT2D eigenvalue weighted by molar-refractivity contribution is 6.76. The van der Waals surface area contributed by atoms with Gasteiger partial charge in [-0.25, -0.2) is 5.48 Å². The first-order valence-corrected chi connectivity index (χ1v) is 18.6. The van der Waals surface area contributed by atoms with Gasteiger partial charge >= 0.3 is 47.6 Å². The molecule has 0 aliphatic rings. The monoisotopic (exact) mass is 869 g/mol. The summed E-state index contributed by atoms with van der Waals surface area (Å²) in [6.45, 7) is 8.92. The molecule has 0 fully saturated rings. The first-order valence-electron chi connectivity index (χ1n) is 16.3. The maximum Gasteiger partial charge on any atom is 0.460 e. The number of nitrogens with one attached hydrogen (secondary N) is 1. The number of carbonyl (C=O) groups is 1. The van der Waals surface area contributed by atoms with Crippen LogP contribution in [-0.2, 0) is 9.22 Å². The number of benzene rings is 1. The van der Waals surface area contributed by atoms with Crippen molar-refractivity contribution in [3.05, 3.63) is 41.0 Å². The van der Waals surface area contributed by atoms with E-state index in [1.807, 2.05) is 0 Å². The van der Waals surface area contributed by atoms with Gasteiger partial charge in [0.2, 0.25) is 0 Å². The average Bonchev–Trinajstić information content (AvgIpc) is 3.08. The Hall–Kier alpha value is -2.86. The van der Waals surface area contributed by atoms with Crippen LogP contribution in [0.1, 0.15) is 66.6 Å². The molecule has 0 aliphatic heterocycles. The summed E-state index contributed by atoms with van der Waals surface area (Å²) in [5.74, 6) is -58.0. The Kier molecular flexibility index (Phi) is 15.7. The molecule has 0 radical (unpaired) electrons. The van der Waals surface area contributed by atoms with Gasteiger partial charge in [-0.2, -0.15) is 74.6 Å². The summed E-state index contributed by atoms with van der Waals surface area (Å²) in [5, 5.41) is 19.6. The van der Waals surface area contributed by atoms with E-state index in [2.05, 4.69) is 0 Å². The predicted octanol–water partition coefficient (Wildman–Crippen LogP) is 10.8. The third kappa shape index (κ3) is 9.06. The minimum absolute atomic E-state index is 0.131. The Labute approximate surface area is 310 Å². The molecule has 24 heteroatoms. The van der Waals surface area contributed by atoms with Crippen LogP contribution in [-0.4, -0.2) is 85.4 Å². The highest BCUT2D eigenvalue weighted by Crippen LogP contribution is 2.64. The molecule has 1 aromatic carbocycles. The van der Waals surface area contributed by atoms with Crippen LogP contribution in [0, 0.1) is 5.92 Å². The fourth-order valence-corrected chi connectivity index (χ4v) is 10.1. The van der Waals surface area contributed by atoms with E-state index >= 15 is 0 Å². The lowest BCUT2D eigenvalue weighted by molar-refractivity contribution is -0.461. The van der Waals surface area contributed by atoms with E-state index in [9.17, 15) is 84.5 Å². The number of carbonyl (C=O) groups excluding carboxylic acids is 1. The highest BCUT2D eigenvalue weighted by atomic mass is 28.4. The van der Waals surface area contributed by atoms with Crippen molar-refractivity contribution >= 4 is 14.2 Å². The van der Waals surface area contributed by atoms with Crippen molar-refractivity contribution in [1.82, 2.24) is 5.48 Å². The molecule has 0 aromatic heterocycles. The standard InChI is InChI=1S/C32H40F17NO5Si/c1-16(2)56(17(3)4,55-14-13-54-22-10-8-21(9-11-22)23(51)19(6)18(5)20(7)24(52)50-53)15-12-25(33,34)26(35,36)27(37,38)28(39,40)29(41,42)30(43,44)31(45,46)32(47,48)49/h8-11,16-17,19,23,51,53H,12-15H2,1-7H3,(H,50,52)/b20-18+/t19-,23+/m1/s1. The topological polar surface area (TPSA) is 88.0 Å². The summed E-state index contributed by atoms with van der Waals surface area (Å²) in [7, 11) is -3.96. The van der Waals surface area contributed by atoms with Crippen molar-refractivity contribution < 1.29 is 98.9 Å². The van der Waals surface area contributed by atoms with Crippen molar-refractivity contribution in [3.8, 4) is 5.75 Å². The Bertz CT molecular complexity index is 1510. The van der Waals surface area contributed by atoms with Gasteiger partial charge in [0.1, 0.15) is 12.4 Å². The van der Waals surface area contributed by atoms with Crippen LogP contribution in [0.2, 0.25) is 17.1 Å². The Balaban J connectivity index is 3.26. The maximum atomic E-state index is 14.8. The molecule has 326 valence electrons. The van der Waals surface area contributed by atoms with Gasteiger partial charge in [0.05, 0.1) is 12.7 Å². The molecular formula is C32H40F17NO5Si. The molecule has 0 spiro atoms. The highest BCUT2D eigenvalue weighted by Gasteiger charge is 2.95. The van der Waals surface area contributed by atoms with Crippen molar-refractivity contribution in [2.45, 2.75) is 126 Å². The lowest BCUT2D eigenvalue weighted by Crippen LogP contribution is -2.74. The van der Waals surface area contributed by atoms with Crippen LogP contribution in [0.5, 0.6) is 5.75 Å². The Morgan fingerprint density at radius 1 is 0.679 bits per heavy atom. The summed E-state index contributed by atoms with van der Waals surface area (Å²) in [5.41, 5.74) is 0.668. The number of hydroxylamine groups is 1. The fraction of sp³-hybridized carbons (Fsp3) is 0.719. The average molecular weight is 870 g/mol. The normalized spacial score (nSPS) is 16.2. The molecule has 6 nitrogen and oxygen atoms in total. The minimum Gasteiger partial charge on any atom is -0.491 e. The van der Waals surface area contributed by atoms with E-state index in [1.165, 1.54) is 64.4 Å². The quantitative estimate of drug-likeness (QED) is 0.0303. The molecule has 0 saturated carbocycles. The molecule has 0 saturated heterocycles. The lowest BCUT2D eigenvalue weighted by atomic mass is 9.88. The molecule has 2 atom stereocenters. The Morgan fingerprint density at radius 3 is 1.48 bits per heavy atom. The number of aliphatic hydroxyl groups is 1. The van der Waals surface area contributed by atoms with E-state index in [4.69, 9.17) is 14.4 Å². The molecule has 0 bridgehead atoms. The lowest BCUT2D eigenvalue weighted by Gasteiger charge is -2.44. The van der Waals surface area contributed by atoms with Gasteiger partial charge in [0.15, 0.2) is 8.32 Å². The van der Waals surface area contributed by atoms with Gasteiger partial charge in [-0.15, -0.1) is 0 Å². The van der Waals surface area contributed by atoms with Crippen molar-refractivity contribution in [2.75, 3.05) is 13.2 Å². The number of hydrogen-bond donors (Lipinski definition) is 3. The van der Waals surface area contributed by atoms with Crippen molar-refractivity contribution in [3.63, 3.8) is 0 Å². The predicted molar refractivity (Wildman–Crippen MR) is 166 cm³/mol. The van der Waals surface area contributed by atoms with Crippen LogP contribution in [0.4, 0.5) is 74.6 Å². The van der Waals surface area contributed by atoms with Crippen molar-refractivity contribution in [2.24, 2.45) is 5.92 Å². The molecule has 1 aromatic rings. The van der Waals surface area contributed by atoms with Crippen LogP contribution in [0.25, 0.3) is 0 Å². The summed E-state index contributed by atoms with van der Waals surface area (Å²) in [4.78, 5) is 11.7. The molecule has 1 rings (SSSR count). The number of rotatable bonds is 20. The first kappa shape index (κ1) is 51.2. The van der Waals surface area contributed by atoms with Gasteiger partial charge in [0, 0.05) is 17.9 Å². The van der Waals surface area contributed by atoms with E-state index < -0.39 is 111 Å². The van der Waals surface area contributed by atoms with E-state index in [0.29, 0.717) is 11.1 Å². The minimum atomic E-state index is -8.69. The van der Waals surface area contributed by atoms with Gasteiger partial charge in [-0.05, 0) is 48.7 Å². The molecule has 0 unspecified atom stereocenters. The number of alkyl halides is 17. The molecular weight excluding hydrogens is 829 g/mol. The maximum absolute atomic E-state index is 14.8. The second-order valence-electron chi connectivity index (χ2n) is 13.7. The number of hydrogen-bond acceptors (Lipinski definition) is 5. The second-order valence-corrected chi connectivity index (χ2v) is 18.7. The molecule has 3 N–H and O–H groups in total. The first-order chi connectivity index (χ1) is 24.9. The third-order valence-electron chi connectivity index (χ3n) is 9.71. The number of ether oxygens (including phenoxy) is 1. The third-order valence-corrected chi connectivity index (χ3v) is 15.4. The SMILES string of the molecule is C/C(C(=O)NO)=C(/C)[C@@H](C)[C@H](O)c1ccc(OCCO[Si](CCC(F)(F)C(F)(F)C(F)(F)C(F)(F)C(F)(F)C(F)(F)C(F)(F)C(F)(F)F)(C(C)C)C(C)C)cc1. The molecule has 0 heterocycles. The zero-order chi connectivity index (χ0) is 44.5. The summed E-state index contributed by atoms with van der Waals surface area (Å²) >= 11 is 0. The number of amides is 1. The van der Waals surface area contributed by atoms with Gasteiger partial charge in [0.25, 0.3) is 5.91 Å². The van der Waals surface area contributed by atoms with Crippen molar-refractivity contribution in [1.29, 1.82) is 0 Å². The van der Waals surface area contributed by atoms with Crippen LogP contribution >= 0.6 is 0 Å². The van der Waals surface area contributed by atoms with E-state index in [0.717, 1.165) is 0 Å². The summed E-state index contributed by atoms with van der Waals surface area (Å²) in [6.07, 6.45) is -11.5. The molecule has 56 heavy (non-hydrogen) atoms. The molecule has 1 amide bonds. The zero-order valence-corrected chi connectivity index (χ0v) is 31.5. The summed E-state index contributed by atoms with van der Waals surface area (Å²) < 4.78 is 245. The fourth-order valence-electron chi connectivity index (χ4n) is 5.64. The second kappa shape index (κ2) is 17.2. The number of aliphatic hydroxyl groups excluding tert-OH is 1. The largest absolute Gasteiger partial charge is 0.491 e. The van der Waals surface area contributed by atoms with Crippen LogP contribution in [0.15, 0.2) is 35.4 Å². The van der Waals surface area contributed by atoms with Crippen LogP contribution < -0.4 is 10.2 Å². The van der Waals surface area contributed by atoms with E-state index in [-0.39, 0.29) is 11.3 Å². The summed E-state index contributed by atoms with van der Waals surface area (Å²) in [6, 6.07) is 4.27. The van der Waals surface area contributed by atoms with Gasteiger partial charge < -0.3 is 14.3 Å². The molecule has 0 aliphatic carbocycles. The Morgan fingerprint density at radius 2 is 1.09 bits per heavy atom. The van der Waals surface area contributed by atoms with Gasteiger partial charge in [-0.3, -0.25) is 10.0 Å². The van der Waals surface area contributed by atoms with Gasteiger partial charge in [-0.1, -0.05) is 52.3 Å². The zero-order valence-electron chi connectivity index (χ0n) is 30.5. The number of halogens is 17. The smallest absolute Gasteiger partial charge is 0.460 e.